The number of rotatable bonds is 5. The Labute approximate surface area is 177 Å². The van der Waals surface area contributed by atoms with Crippen LogP contribution in [0.2, 0.25) is 0 Å². The number of H-pyrrole nitrogens is 1. The van der Waals surface area contributed by atoms with Crippen LogP contribution < -0.4 is 10.6 Å². The number of aromatic nitrogens is 5. The molecule has 5 rings (SSSR count). The van der Waals surface area contributed by atoms with Crippen molar-refractivity contribution in [2.24, 2.45) is 7.05 Å². The van der Waals surface area contributed by atoms with E-state index < -0.39 is 0 Å². The van der Waals surface area contributed by atoms with Crippen LogP contribution in [0.25, 0.3) is 33.3 Å². The first-order valence-corrected chi connectivity index (χ1v) is 9.86. The molecule has 9 heteroatoms. The molecule has 0 saturated carbocycles. The first-order chi connectivity index (χ1) is 15.0. The van der Waals surface area contributed by atoms with Crippen molar-refractivity contribution >= 4 is 33.8 Å². The van der Waals surface area contributed by atoms with Crippen LogP contribution in [0.5, 0.6) is 0 Å². The second kappa shape index (κ2) is 7.28. The fourth-order valence-corrected chi connectivity index (χ4v) is 3.72. The van der Waals surface area contributed by atoms with Crippen LogP contribution in [-0.4, -0.2) is 37.6 Å². The van der Waals surface area contributed by atoms with Crippen molar-refractivity contribution in [3.05, 3.63) is 59.7 Å². The summed E-state index contributed by atoms with van der Waals surface area (Å²) >= 11 is 0. The summed E-state index contributed by atoms with van der Waals surface area (Å²) in [5, 5.41) is 10.7. The van der Waals surface area contributed by atoms with Gasteiger partial charge in [-0.2, -0.15) is 0 Å². The fraction of sp³-hybridized carbons (Fsp3) is 0.182. The number of aryl methyl sites for hydroxylation is 2. The third kappa shape index (κ3) is 3.29. The lowest BCUT2D eigenvalue weighted by Crippen LogP contribution is -2.23. The van der Waals surface area contributed by atoms with Crippen LogP contribution in [-0.2, 0) is 13.6 Å². The Morgan fingerprint density at radius 1 is 1.26 bits per heavy atom. The molecule has 0 saturated heterocycles. The largest absolute Gasteiger partial charge is 0.371 e. The van der Waals surface area contributed by atoms with Crippen LogP contribution in [0.1, 0.15) is 21.8 Å². The molecule has 4 heterocycles. The Kier molecular flexibility index (Phi) is 4.43. The zero-order valence-electron chi connectivity index (χ0n) is 17.4. The van der Waals surface area contributed by atoms with E-state index in [2.05, 4.69) is 36.8 Å². The number of aromatic amines is 1. The Morgan fingerprint density at radius 2 is 2.13 bits per heavy atom. The van der Waals surface area contributed by atoms with Gasteiger partial charge in [-0.05, 0) is 30.2 Å². The van der Waals surface area contributed by atoms with Crippen LogP contribution in [0.4, 0.5) is 5.82 Å². The molecular weight excluding hydrogens is 394 g/mol. The van der Waals surface area contributed by atoms with Gasteiger partial charge in [0.15, 0.2) is 11.5 Å². The zero-order chi connectivity index (χ0) is 21.5. The zero-order valence-corrected chi connectivity index (χ0v) is 17.4. The van der Waals surface area contributed by atoms with Crippen LogP contribution in [0, 0.1) is 6.92 Å². The van der Waals surface area contributed by atoms with Gasteiger partial charge in [0, 0.05) is 37.8 Å². The molecule has 0 fully saturated rings. The quantitative estimate of drug-likeness (QED) is 0.405. The number of imidazole rings is 1. The maximum Gasteiger partial charge on any atom is 0.273 e. The molecular formula is C22H21N7O2. The lowest BCUT2D eigenvalue weighted by Gasteiger charge is -2.05. The molecule has 0 spiro atoms. The molecule has 0 aliphatic carbocycles. The Morgan fingerprint density at radius 3 is 2.90 bits per heavy atom. The Bertz CT molecular complexity index is 1430. The van der Waals surface area contributed by atoms with E-state index >= 15 is 0 Å². The number of hydrogen-bond donors (Lipinski definition) is 3. The van der Waals surface area contributed by atoms with Gasteiger partial charge in [0.2, 0.25) is 0 Å². The van der Waals surface area contributed by atoms with Crippen molar-refractivity contribution < 1.29 is 9.32 Å². The number of pyridine rings is 1. The minimum atomic E-state index is -0.268. The van der Waals surface area contributed by atoms with E-state index in [4.69, 9.17) is 4.52 Å². The average molecular weight is 415 g/mol. The fourth-order valence-electron chi connectivity index (χ4n) is 3.72. The molecule has 1 aromatic carbocycles. The lowest BCUT2D eigenvalue weighted by molar-refractivity contribution is 0.0942. The lowest BCUT2D eigenvalue weighted by atomic mass is 10.1. The summed E-state index contributed by atoms with van der Waals surface area (Å²) < 4.78 is 6.96. The van der Waals surface area contributed by atoms with E-state index in [9.17, 15) is 4.79 Å². The maximum absolute atomic E-state index is 12.2. The van der Waals surface area contributed by atoms with Crippen molar-refractivity contribution in [3.8, 4) is 11.3 Å². The number of anilines is 1. The normalized spacial score (nSPS) is 11.3. The predicted molar refractivity (Wildman–Crippen MR) is 118 cm³/mol. The second-order valence-electron chi connectivity index (χ2n) is 7.41. The van der Waals surface area contributed by atoms with E-state index in [0.717, 1.165) is 44.7 Å². The summed E-state index contributed by atoms with van der Waals surface area (Å²) in [6.07, 6.45) is 1.79. The van der Waals surface area contributed by atoms with E-state index in [1.807, 2.05) is 42.9 Å². The SMILES string of the molecule is CNc1nc2[nH]c(-c3cccc(CNC(=O)c4cc(C)on4)c3)cc2c2c1ncn2C. The number of carbonyl (C=O) groups excluding carboxylic acids is 1. The molecule has 156 valence electrons. The molecule has 0 unspecified atom stereocenters. The highest BCUT2D eigenvalue weighted by Gasteiger charge is 2.15. The van der Waals surface area contributed by atoms with Crippen LogP contribution >= 0.6 is 0 Å². The molecule has 0 radical (unpaired) electrons. The first-order valence-electron chi connectivity index (χ1n) is 9.86. The third-order valence-corrected chi connectivity index (χ3v) is 5.23. The average Bonchev–Trinajstić information content (AvgIpc) is 3.49. The number of fused-ring (bicyclic) bond motifs is 3. The summed E-state index contributed by atoms with van der Waals surface area (Å²) in [6, 6.07) is 11.7. The van der Waals surface area contributed by atoms with E-state index in [-0.39, 0.29) is 11.6 Å². The molecule has 31 heavy (non-hydrogen) atoms. The Balaban J connectivity index is 1.46. The topological polar surface area (TPSA) is 114 Å². The number of nitrogens with one attached hydrogen (secondary N) is 3. The summed E-state index contributed by atoms with van der Waals surface area (Å²) in [7, 11) is 3.81. The van der Waals surface area contributed by atoms with Gasteiger partial charge in [-0.25, -0.2) is 9.97 Å². The summed E-state index contributed by atoms with van der Waals surface area (Å²) in [4.78, 5) is 24.8. The highest BCUT2D eigenvalue weighted by atomic mass is 16.5. The summed E-state index contributed by atoms with van der Waals surface area (Å²) in [5.41, 5.74) is 5.83. The Hall–Kier alpha value is -4.14. The van der Waals surface area contributed by atoms with Gasteiger partial charge < -0.3 is 24.7 Å². The van der Waals surface area contributed by atoms with Gasteiger partial charge >= 0.3 is 0 Å². The minimum absolute atomic E-state index is 0.268. The molecule has 0 bridgehead atoms. The number of amides is 1. The van der Waals surface area contributed by atoms with Gasteiger partial charge in [0.05, 0.1) is 11.8 Å². The van der Waals surface area contributed by atoms with Gasteiger partial charge in [0.1, 0.15) is 16.9 Å². The molecule has 9 nitrogen and oxygen atoms in total. The summed E-state index contributed by atoms with van der Waals surface area (Å²) in [5.74, 6) is 1.06. The highest BCUT2D eigenvalue weighted by molar-refractivity contribution is 6.07. The maximum atomic E-state index is 12.2. The molecule has 0 aliphatic heterocycles. The minimum Gasteiger partial charge on any atom is -0.371 e. The molecule has 4 aromatic heterocycles. The van der Waals surface area contributed by atoms with Gasteiger partial charge in [0.25, 0.3) is 5.91 Å². The molecule has 1 amide bonds. The number of hydrogen-bond acceptors (Lipinski definition) is 6. The second-order valence-corrected chi connectivity index (χ2v) is 7.41. The first kappa shape index (κ1) is 18.9. The van der Waals surface area contributed by atoms with E-state index in [0.29, 0.717) is 12.3 Å². The molecule has 5 aromatic rings. The van der Waals surface area contributed by atoms with Gasteiger partial charge in [-0.15, -0.1) is 0 Å². The number of nitrogens with zero attached hydrogens (tertiary/aromatic N) is 4. The molecule has 0 aliphatic rings. The van der Waals surface area contributed by atoms with Crippen LogP contribution in [0.3, 0.4) is 0 Å². The standard InChI is InChI=1S/C22H21N7O2/c1-12-7-17(28-31-12)22(30)24-10-13-5-4-6-14(8-13)16-9-15-19-18(25-11-29(19)3)21(23-2)27-20(15)26-16/h4-9,11H,10H2,1-3H3,(H,24,30)(H2,23,26,27). The van der Waals surface area contributed by atoms with Gasteiger partial charge in [-0.3, -0.25) is 4.79 Å². The van der Waals surface area contributed by atoms with E-state index in [1.54, 1.807) is 19.3 Å². The van der Waals surface area contributed by atoms with Gasteiger partial charge in [-0.1, -0.05) is 23.4 Å². The number of carbonyl (C=O) groups is 1. The van der Waals surface area contributed by atoms with Crippen molar-refractivity contribution in [1.29, 1.82) is 0 Å². The van der Waals surface area contributed by atoms with Crippen molar-refractivity contribution in [2.45, 2.75) is 13.5 Å². The predicted octanol–water partition coefficient (Wildman–Crippen LogP) is 3.38. The molecule has 0 atom stereocenters. The van der Waals surface area contributed by atoms with Crippen molar-refractivity contribution in [2.75, 3.05) is 12.4 Å². The molecule has 3 N–H and O–H groups in total. The van der Waals surface area contributed by atoms with Crippen molar-refractivity contribution in [1.82, 2.24) is 30.0 Å². The number of benzene rings is 1. The summed E-state index contributed by atoms with van der Waals surface area (Å²) in [6.45, 7) is 2.13. The highest BCUT2D eigenvalue weighted by Crippen LogP contribution is 2.31. The van der Waals surface area contributed by atoms with Crippen molar-refractivity contribution in [3.63, 3.8) is 0 Å². The van der Waals surface area contributed by atoms with Crippen LogP contribution in [0.15, 0.2) is 47.2 Å². The monoisotopic (exact) mass is 415 g/mol. The smallest absolute Gasteiger partial charge is 0.273 e. The van der Waals surface area contributed by atoms with E-state index in [1.165, 1.54) is 0 Å². The third-order valence-electron chi connectivity index (χ3n) is 5.23.